The van der Waals surface area contributed by atoms with Crippen LogP contribution in [0.3, 0.4) is 0 Å². The fourth-order valence-corrected chi connectivity index (χ4v) is 5.59. The van der Waals surface area contributed by atoms with Crippen LogP contribution in [0.5, 0.6) is 0 Å². The van der Waals surface area contributed by atoms with Gasteiger partial charge in [0.15, 0.2) is 0 Å². The van der Waals surface area contributed by atoms with E-state index in [0.29, 0.717) is 17.2 Å². The summed E-state index contributed by atoms with van der Waals surface area (Å²) in [6.45, 7) is 3.84. The Morgan fingerprint density at radius 3 is 2.38 bits per heavy atom. The van der Waals surface area contributed by atoms with Gasteiger partial charge in [0, 0.05) is 28.0 Å². The topological polar surface area (TPSA) is 110 Å². The lowest BCUT2D eigenvalue weighted by atomic mass is 10.0. The molecule has 0 saturated heterocycles. The molecule has 0 unspecified atom stereocenters. The third-order valence-electron chi connectivity index (χ3n) is 5.17. The van der Waals surface area contributed by atoms with Crippen molar-refractivity contribution in [3.63, 3.8) is 0 Å². The summed E-state index contributed by atoms with van der Waals surface area (Å²) in [6.07, 6.45) is 3.03. The summed E-state index contributed by atoms with van der Waals surface area (Å²) in [5.41, 5.74) is 3.55. The maximum Gasteiger partial charge on any atom is 0.264 e. The van der Waals surface area contributed by atoms with Crippen LogP contribution in [0.2, 0.25) is 0 Å². The monoisotopic (exact) mass is 488 g/mol. The van der Waals surface area contributed by atoms with Crippen molar-refractivity contribution < 1.29 is 8.42 Å². The summed E-state index contributed by atoms with van der Waals surface area (Å²) in [4.78, 5) is 19.1. The van der Waals surface area contributed by atoms with E-state index in [1.165, 1.54) is 24.7 Å². The zero-order valence-corrected chi connectivity index (χ0v) is 20.0. The van der Waals surface area contributed by atoms with Crippen molar-refractivity contribution in [1.82, 2.24) is 19.9 Å². The van der Waals surface area contributed by atoms with Gasteiger partial charge in [-0.15, -0.1) is 11.3 Å². The molecule has 0 saturated carbocycles. The van der Waals surface area contributed by atoms with E-state index < -0.39 is 10.0 Å². The summed E-state index contributed by atoms with van der Waals surface area (Å²) in [7, 11) is -3.82. The van der Waals surface area contributed by atoms with Gasteiger partial charge in [0.2, 0.25) is 5.95 Å². The van der Waals surface area contributed by atoms with E-state index in [4.69, 9.17) is 0 Å². The van der Waals surface area contributed by atoms with E-state index >= 15 is 0 Å². The number of benzene rings is 2. The maximum absolute atomic E-state index is 12.7. The number of anilines is 3. The van der Waals surface area contributed by atoms with Crippen LogP contribution in [0.4, 0.5) is 17.5 Å². The number of aryl methyl sites for hydroxylation is 2. The van der Waals surface area contributed by atoms with Crippen LogP contribution in [0.1, 0.15) is 10.6 Å². The Kier molecular flexibility index (Phi) is 5.68. The van der Waals surface area contributed by atoms with Gasteiger partial charge in [-0.1, -0.05) is 30.3 Å². The second-order valence-corrected chi connectivity index (χ2v) is 10.5. The molecule has 0 aliphatic carbocycles. The fraction of sp³-hybridized carbons (Fsp3) is 0.0833. The molecule has 2 N–H and O–H groups in total. The van der Waals surface area contributed by atoms with Gasteiger partial charge < -0.3 is 5.32 Å². The minimum Gasteiger partial charge on any atom is -0.340 e. The maximum atomic E-state index is 12.7. The molecule has 34 heavy (non-hydrogen) atoms. The van der Waals surface area contributed by atoms with Crippen molar-refractivity contribution in [3.05, 3.63) is 83.8 Å². The van der Waals surface area contributed by atoms with Gasteiger partial charge in [0.05, 0.1) is 10.3 Å². The highest BCUT2D eigenvalue weighted by Gasteiger charge is 2.18. The van der Waals surface area contributed by atoms with Crippen LogP contribution in [-0.4, -0.2) is 28.4 Å². The predicted octanol–water partition coefficient (Wildman–Crippen LogP) is 5.31. The standard InChI is InChI=1S/C24H20N6O2S2/c1-15-12-13-25-24(28-15)30-34(31,32)19-10-8-18(9-11-19)29-22-21-20(17-6-4-3-5-7-17)16(2)33-23(21)27-14-26-22/h3-14H,1-2H3,(H,25,28,30)(H,26,27,29). The Bertz CT molecular complexity index is 1580. The first-order chi connectivity index (χ1) is 16.4. The average molecular weight is 489 g/mol. The van der Waals surface area contributed by atoms with Crippen LogP contribution in [0.25, 0.3) is 21.3 Å². The van der Waals surface area contributed by atoms with Crippen LogP contribution in [0.15, 0.2) is 78.1 Å². The van der Waals surface area contributed by atoms with E-state index in [1.54, 1.807) is 36.5 Å². The van der Waals surface area contributed by atoms with Crippen molar-refractivity contribution in [1.29, 1.82) is 0 Å². The molecule has 3 heterocycles. The summed E-state index contributed by atoms with van der Waals surface area (Å²) in [5, 5.41) is 4.26. The quantitative estimate of drug-likeness (QED) is 0.333. The molecule has 3 aromatic heterocycles. The number of aromatic nitrogens is 4. The van der Waals surface area contributed by atoms with Crippen molar-refractivity contribution in [2.75, 3.05) is 10.0 Å². The first-order valence-electron chi connectivity index (χ1n) is 10.4. The second-order valence-electron chi connectivity index (χ2n) is 7.58. The number of rotatable bonds is 6. The van der Waals surface area contributed by atoms with Gasteiger partial charge in [-0.25, -0.2) is 33.1 Å². The molecule has 0 spiro atoms. The van der Waals surface area contributed by atoms with Crippen LogP contribution in [0, 0.1) is 13.8 Å². The Balaban J connectivity index is 1.45. The lowest BCUT2D eigenvalue weighted by Gasteiger charge is -2.11. The summed E-state index contributed by atoms with van der Waals surface area (Å²) < 4.78 is 27.9. The molecule has 0 fully saturated rings. The highest BCUT2D eigenvalue weighted by molar-refractivity contribution is 7.92. The molecule has 2 aromatic carbocycles. The van der Waals surface area contributed by atoms with Crippen molar-refractivity contribution >= 4 is 49.0 Å². The first-order valence-corrected chi connectivity index (χ1v) is 12.7. The number of hydrogen-bond acceptors (Lipinski definition) is 8. The molecule has 8 nitrogen and oxygen atoms in total. The minimum atomic E-state index is -3.82. The van der Waals surface area contributed by atoms with Gasteiger partial charge in [0.25, 0.3) is 10.0 Å². The Labute approximate surface area is 200 Å². The van der Waals surface area contributed by atoms with Gasteiger partial charge in [0.1, 0.15) is 17.0 Å². The lowest BCUT2D eigenvalue weighted by molar-refractivity contribution is 0.601. The third-order valence-corrected chi connectivity index (χ3v) is 7.53. The van der Waals surface area contributed by atoms with E-state index in [2.05, 4.69) is 49.0 Å². The fourth-order valence-electron chi connectivity index (χ4n) is 3.62. The zero-order valence-electron chi connectivity index (χ0n) is 18.4. The third kappa shape index (κ3) is 4.33. The predicted molar refractivity (Wildman–Crippen MR) is 135 cm³/mol. The zero-order chi connectivity index (χ0) is 23.7. The smallest absolute Gasteiger partial charge is 0.264 e. The Morgan fingerprint density at radius 1 is 0.882 bits per heavy atom. The first kappa shape index (κ1) is 21.9. The van der Waals surface area contributed by atoms with E-state index in [1.807, 2.05) is 18.2 Å². The highest BCUT2D eigenvalue weighted by Crippen LogP contribution is 2.40. The molecule has 0 amide bonds. The molecular formula is C24H20N6O2S2. The van der Waals surface area contributed by atoms with Gasteiger partial charge >= 0.3 is 0 Å². The molecule has 170 valence electrons. The van der Waals surface area contributed by atoms with Crippen molar-refractivity contribution in [2.24, 2.45) is 0 Å². The minimum absolute atomic E-state index is 0.0341. The number of fused-ring (bicyclic) bond motifs is 1. The molecule has 0 atom stereocenters. The molecule has 0 aliphatic rings. The van der Waals surface area contributed by atoms with Gasteiger partial charge in [-0.3, -0.25) is 0 Å². The Hall–Kier alpha value is -3.89. The van der Waals surface area contributed by atoms with Crippen LogP contribution < -0.4 is 10.0 Å². The normalized spacial score (nSPS) is 11.5. The van der Waals surface area contributed by atoms with Gasteiger partial charge in [-0.2, -0.15) is 0 Å². The van der Waals surface area contributed by atoms with E-state index in [0.717, 1.165) is 26.2 Å². The average Bonchev–Trinajstić information content (AvgIpc) is 3.16. The molecule has 5 aromatic rings. The van der Waals surface area contributed by atoms with Crippen molar-refractivity contribution in [3.8, 4) is 11.1 Å². The Morgan fingerprint density at radius 2 is 1.65 bits per heavy atom. The summed E-state index contributed by atoms with van der Waals surface area (Å²) in [6, 6.07) is 18.3. The summed E-state index contributed by atoms with van der Waals surface area (Å²) in [5.74, 6) is 0.696. The molecule has 0 radical (unpaired) electrons. The van der Waals surface area contributed by atoms with Crippen molar-refractivity contribution in [2.45, 2.75) is 18.7 Å². The largest absolute Gasteiger partial charge is 0.340 e. The number of hydrogen-bond donors (Lipinski definition) is 2. The molecule has 0 bridgehead atoms. The molecule has 10 heteroatoms. The molecular weight excluding hydrogens is 468 g/mol. The van der Waals surface area contributed by atoms with E-state index in [9.17, 15) is 8.42 Å². The molecule has 5 rings (SSSR count). The lowest BCUT2D eigenvalue weighted by Crippen LogP contribution is -2.15. The SMILES string of the molecule is Cc1ccnc(NS(=O)(=O)c2ccc(Nc3ncnc4sc(C)c(-c5ccccc5)c34)cc2)n1. The number of sulfonamides is 1. The van der Waals surface area contributed by atoms with Crippen LogP contribution in [-0.2, 0) is 10.0 Å². The molecule has 0 aliphatic heterocycles. The highest BCUT2D eigenvalue weighted by atomic mass is 32.2. The van der Waals surface area contributed by atoms with Gasteiger partial charge in [-0.05, 0) is 49.7 Å². The second kappa shape index (κ2) is 8.81. The van der Waals surface area contributed by atoms with E-state index in [-0.39, 0.29) is 10.8 Å². The summed E-state index contributed by atoms with van der Waals surface area (Å²) >= 11 is 1.62. The number of nitrogens with one attached hydrogen (secondary N) is 2. The number of nitrogens with zero attached hydrogens (tertiary/aromatic N) is 4. The van der Waals surface area contributed by atoms with Crippen LogP contribution >= 0.6 is 11.3 Å². The number of thiophene rings is 1.